The molecule has 4 heteroatoms. The predicted molar refractivity (Wildman–Crippen MR) is 78.5 cm³/mol. The molecule has 1 fully saturated rings. The van der Waals surface area contributed by atoms with Crippen molar-refractivity contribution < 1.29 is 0 Å². The van der Waals surface area contributed by atoms with Gasteiger partial charge in [-0.1, -0.05) is 6.07 Å². The Labute approximate surface area is 114 Å². The third-order valence-electron chi connectivity index (χ3n) is 3.81. The maximum atomic E-state index is 4.44. The topological polar surface area (TPSA) is 44.0 Å². The monoisotopic (exact) mass is 258 g/mol. The number of aryl methyl sites for hydroxylation is 1. The lowest BCUT2D eigenvalue weighted by molar-refractivity contribution is 0.296. The van der Waals surface area contributed by atoms with Crippen LogP contribution in [0.5, 0.6) is 0 Å². The molecule has 1 saturated heterocycles. The Morgan fingerprint density at radius 3 is 3.16 bits per heavy atom. The lowest BCUT2D eigenvalue weighted by Crippen LogP contribution is -2.30. The molecule has 4 nitrogen and oxygen atoms in total. The molecule has 3 rings (SSSR count). The fourth-order valence-corrected chi connectivity index (χ4v) is 2.75. The number of hydrogen-bond donors (Lipinski definition) is 2. The summed E-state index contributed by atoms with van der Waals surface area (Å²) in [7, 11) is 0. The Hall–Kier alpha value is -1.39. The Bertz CT molecular complexity index is 538. The van der Waals surface area contributed by atoms with Crippen molar-refractivity contribution in [1.82, 2.24) is 20.2 Å². The molecule has 0 unspecified atom stereocenters. The van der Waals surface area contributed by atoms with Gasteiger partial charge in [0, 0.05) is 19.6 Å². The first-order valence-corrected chi connectivity index (χ1v) is 7.19. The minimum Gasteiger partial charge on any atom is -0.342 e. The molecule has 2 N–H and O–H groups in total. The number of fused-ring (bicyclic) bond motifs is 1. The zero-order valence-electron chi connectivity index (χ0n) is 11.6. The van der Waals surface area contributed by atoms with Crippen LogP contribution in [-0.4, -0.2) is 47.6 Å². The highest BCUT2D eigenvalue weighted by Gasteiger charge is 2.08. The highest BCUT2D eigenvalue weighted by atomic mass is 15.1. The van der Waals surface area contributed by atoms with Crippen molar-refractivity contribution in [1.29, 1.82) is 0 Å². The average Bonchev–Trinajstić information content (AvgIpc) is 2.62. The van der Waals surface area contributed by atoms with Gasteiger partial charge in [-0.15, -0.1) is 0 Å². The van der Waals surface area contributed by atoms with Gasteiger partial charge in [0.15, 0.2) is 0 Å². The Kier molecular flexibility index (Phi) is 3.80. The minimum absolute atomic E-state index is 0.991. The van der Waals surface area contributed by atoms with Gasteiger partial charge in [0.1, 0.15) is 5.82 Å². The van der Waals surface area contributed by atoms with Gasteiger partial charge < -0.3 is 15.2 Å². The van der Waals surface area contributed by atoms with Crippen molar-refractivity contribution in [3.63, 3.8) is 0 Å². The van der Waals surface area contributed by atoms with Crippen LogP contribution in [0, 0.1) is 6.92 Å². The summed E-state index contributed by atoms with van der Waals surface area (Å²) in [4.78, 5) is 10.3. The zero-order valence-corrected chi connectivity index (χ0v) is 11.6. The molecule has 0 atom stereocenters. The van der Waals surface area contributed by atoms with E-state index in [1.807, 2.05) is 6.92 Å². The van der Waals surface area contributed by atoms with Crippen LogP contribution in [0.25, 0.3) is 11.0 Å². The van der Waals surface area contributed by atoms with E-state index in [1.165, 1.54) is 25.1 Å². The fourth-order valence-electron chi connectivity index (χ4n) is 2.75. The van der Waals surface area contributed by atoms with Gasteiger partial charge in [-0.2, -0.15) is 0 Å². The Morgan fingerprint density at radius 2 is 2.21 bits per heavy atom. The molecule has 1 aliphatic heterocycles. The maximum Gasteiger partial charge on any atom is 0.104 e. The summed E-state index contributed by atoms with van der Waals surface area (Å²) in [5, 5.41) is 3.45. The molecule has 2 heterocycles. The smallest absolute Gasteiger partial charge is 0.104 e. The molecule has 0 aliphatic carbocycles. The van der Waals surface area contributed by atoms with Crippen molar-refractivity contribution in [2.24, 2.45) is 0 Å². The van der Waals surface area contributed by atoms with Gasteiger partial charge >= 0.3 is 0 Å². The van der Waals surface area contributed by atoms with Crippen molar-refractivity contribution >= 4 is 11.0 Å². The SMILES string of the molecule is Cc1nc2ccc(CCN3CCCNCC3)cc2[nH]1. The van der Waals surface area contributed by atoms with E-state index < -0.39 is 0 Å². The van der Waals surface area contributed by atoms with Crippen LogP contribution in [0.3, 0.4) is 0 Å². The number of imidazole rings is 1. The third-order valence-corrected chi connectivity index (χ3v) is 3.81. The number of benzene rings is 1. The van der Waals surface area contributed by atoms with E-state index in [0.717, 1.165) is 42.9 Å². The van der Waals surface area contributed by atoms with Crippen molar-refractivity contribution in [2.75, 3.05) is 32.7 Å². The zero-order chi connectivity index (χ0) is 13.1. The van der Waals surface area contributed by atoms with Gasteiger partial charge in [0.2, 0.25) is 0 Å². The largest absolute Gasteiger partial charge is 0.342 e. The summed E-state index contributed by atoms with van der Waals surface area (Å²) < 4.78 is 0. The van der Waals surface area contributed by atoms with Gasteiger partial charge in [-0.25, -0.2) is 4.98 Å². The molecule has 0 bridgehead atoms. The van der Waals surface area contributed by atoms with Gasteiger partial charge in [0.25, 0.3) is 0 Å². The standard InChI is InChI=1S/C15H22N4/c1-12-17-14-4-3-13(11-15(14)18-12)5-9-19-8-2-6-16-7-10-19/h3-4,11,16H,2,5-10H2,1H3,(H,17,18). The van der Waals surface area contributed by atoms with Gasteiger partial charge in [-0.05, 0) is 50.6 Å². The molecule has 1 aliphatic rings. The second-order valence-corrected chi connectivity index (χ2v) is 5.37. The minimum atomic E-state index is 0.991. The Balaban J connectivity index is 1.64. The third kappa shape index (κ3) is 3.14. The number of aromatic amines is 1. The van der Waals surface area contributed by atoms with Crippen LogP contribution in [0.15, 0.2) is 18.2 Å². The summed E-state index contributed by atoms with van der Waals surface area (Å²) in [6.07, 6.45) is 2.38. The van der Waals surface area contributed by atoms with E-state index >= 15 is 0 Å². The number of nitrogens with zero attached hydrogens (tertiary/aromatic N) is 2. The molecule has 19 heavy (non-hydrogen) atoms. The number of rotatable bonds is 3. The van der Waals surface area contributed by atoms with Crippen molar-refractivity contribution in [3.05, 3.63) is 29.6 Å². The molecule has 102 valence electrons. The lowest BCUT2D eigenvalue weighted by Gasteiger charge is -2.19. The predicted octanol–water partition coefficient (Wildman–Crippen LogP) is 1.71. The number of nitrogens with one attached hydrogen (secondary N) is 2. The molecule has 0 radical (unpaired) electrons. The molecule has 1 aromatic carbocycles. The highest BCUT2D eigenvalue weighted by Crippen LogP contribution is 2.14. The van der Waals surface area contributed by atoms with Crippen molar-refractivity contribution in [2.45, 2.75) is 19.8 Å². The van der Waals surface area contributed by atoms with Gasteiger partial charge in [-0.3, -0.25) is 0 Å². The first-order valence-electron chi connectivity index (χ1n) is 7.19. The van der Waals surface area contributed by atoms with Crippen molar-refractivity contribution in [3.8, 4) is 0 Å². The van der Waals surface area contributed by atoms with E-state index in [1.54, 1.807) is 0 Å². The van der Waals surface area contributed by atoms with Crippen LogP contribution in [0.2, 0.25) is 0 Å². The first-order chi connectivity index (χ1) is 9.31. The summed E-state index contributed by atoms with van der Waals surface area (Å²) in [6, 6.07) is 6.57. The van der Waals surface area contributed by atoms with Crippen LogP contribution in [0.1, 0.15) is 17.8 Å². The average molecular weight is 258 g/mol. The first kappa shape index (κ1) is 12.6. The summed E-state index contributed by atoms with van der Waals surface area (Å²) in [5.41, 5.74) is 3.63. The van der Waals surface area contributed by atoms with E-state index in [2.05, 4.69) is 38.4 Å². The van der Waals surface area contributed by atoms with E-state index in [4.69, 9.17) is 0 Å². The molecule has 2 aromatic rings. The second kappa shape index (κ2) is 5.72. The fraction of sp³-hybridized carbons (Fsp3) is 0.533. The number of hydrogen-bond acceptors (Lipinski definition) is 3. The normalized spacial score (nSPS) is 17.7. The quantitative estimate of drug-likeness (QED) is 0.881. The maximum absolute atomic E-state index is 4.44. The summed E-state index contributed by atoms with van der Waals surface area (Å²) in [6.45, 7) is 7.84. The molecule has 0 saturated carbocycles. The summed E-state index contributed by atoms with van der Waals surface area (Å²) in [5.74, 6) is 0.991. The van der Waals surface area contributed by atoms with Gasteiger partial charge in [0.05, 0.1) is 11.0 Å². The van der Waals surface area contributed by atoms with Crippen LogP contribution >= 0.6 is 0 Å². The van der Waals surface area contributed by atoms with E-state index in [9.17, 15) is 0 Å². The number of H-pyrrole nitrogens is 1. The Morgan fingerprint density at radius 1 is 1.26 bits per heavy atom. The molecule has 0 amide bonds. The molecular weight excluding hydrogens is 236 g/mol. The highest BCUT2D eigenvalue weighted by molar-refractivity contribution is 5.75. The van der Waals surface area contributed by atoms with E-state index in [0.29, 0.717) is 0 Å². The van der Waals surface area contributed by atoms with E-state index in [-0.39, 0.29) is 0 Å². The van der Waals surface area contributed by atoms with Crippen LogP contribution < -0.4 is 5.32 Å². The molecular formula is C15H22N4. The molecule has 1 aromatic heterocycles. The summed E-state index contributed by atoms with van der Waals surface area (Å²) >= 11 is 0. The van der Waals surface area contributed by atoms with Crippen LogP contribution in [0.4, 0.5) is 0 Å². The second-order valence-electron chi connectivity index (χ2n) is 5.37. The lowest BCUT2D eigenvalue weighted by atomic mass is 10.1. The number of aromatic nitrogens is 2. The molecule has 0 spiro atoms. The van der Waals surface area contributed by atoms with Crippen LogP contribution in [-0.2, 0) is 6.42 Å².